The first-order valence-electron chi connectivity index (χ1n) is 6.30. The maximum absolute atomic E-state index is 13.3. The molecule has 1 aromatic heterocycles. The Bertz CT molecular complexity index is 519. The highest BCUT2D eigenvalue weighted by molar-refractivity contribution is 6.35. The molecule has 2 heterocycles. The molecule has 8 heteroatoms. The molecular weight excluding hydrogens is 275 g/mol. The first kappa shape index (κ1) is 12.4. The lowest BCUT2D eigenvalue weighted by Gasteiger charge is -2.32. The van der Waals surface area contributed by atoms with E-state index in [1.54, 1.807) is 4.90 Å². The highest BCUT2D eigenvalue weighted by atomic mass is 35.5. The van der Waals surface area contributed by atoms with Crippen molar-refractivity contribution in [2.24, 2.45) is 5.92 Å². The van der Waals surface area contributed by atoms with E-state index in [1.807, 2.05) is 5.73 Å². The van der Waals surface area contributed by atoms with E-state index in [0.717, 1.165) is 6.42 Å². The predicted octanol–water partition coefficient (Wildman–Crippen LogP) is 1.24. The Labute approximate surface area is 116 Å². The number of aromatic nitrogens is 2. The molecular formula is C11H14ClFN4O2. The molecule has 0 radical (unpaired) electrons. The van der Waals surface area contributed by atoms with E-state index < -0.39 is 6.08 Å². The lowest BCUT2D eigenvalue weighted by molar-refractivity contribution is -0.145. The predicted molar refractivity (Wildman–Crippen MR) is 68.4 cm³/mol. The molecule has 2 rings (SSSR count). The van der Waals surface area contributed by atoms with Crippen molar-refractivity contribution in [2.75, 3.05) is 30.8 Å². The van der Waals surface area contributed by atoms with Crippen molar-refractivity contribution in [1.82, 2.24) is 9.97 Å². The fraction of sp³-hybridized carbons (Fsp3) is 0.545. The maximum Gasteiger partial charge on any atom is 0.312 e. The summed E-state index contributed by atoms with van der Waals surface area (Å²) in [6, 6.07) is 0. The molecule has 19 heavy (non-hydrogen) atoms. The first-order chi connectivity index (χ1) is 9.56. The summed E-state index contributed by atoms with van der Waals surface area (Å²) in [5.74, 6) is -0.522. The molecule has 0 spiro atoms. The standard InChI is InChI=1S/C11H14ClFN4O2/c1-19-10(18)6-3-2-4-17(5-6)9-7(12)8(14)15-11(13)16-9/h6H,2-5H2,1H3,(H2,14,15,16)/i/hD. The first-order valence-corrected chi connectivity index (χ1v) is 6.18. The van der Waals surface area contributed by atoms with Gasteiger partial charge in [0.25, 0.3) is 0 Å². The molecule has 0 aromatic carbocycles. The fourth-order valence-electron chi connectivity index (χ4n) is 2.15. The fourth-order valence-corrected chi connectivity index (χ4v) is 2.35. The van der Waals surface area contributed by atoms with Gasteiger partial charge in [-0.3, -0.25) is 4.79 Å². The molecule has 0 saturated carbocycles. The lowest BCUT2D eigenvalue weighted by atomic mass is 9.98. The number of methoxy groups -OCH3 is 1. The Morgan fingerprint density at radius 2 is 2.47 bits per heavy atom. The van der Waals surface area contributed by atoms with Crippen LogP contribution in [0.2, 0.25) is 6.43 Å². The third-order valence-corrected chi connectivity index (χ3v) is 3.41. The number of nitrogens with two attached hydrogens (primary N) is 1. The molecule has 1 unspecified atom stereocenters. The zero-order valence-electron chi connectivity index (χ0n) is 11.3. The molecule has 6 nitrogen and oxygen atoms in total. The summed E-state index contributed by atoms with van der Waals surface area (Å²) in [6.45, 7) is 0.946. The van der Waals surface area contributed by atoms with Gasteiger partial charge in [0.05, 0.1) is 13.0 Å². The number of piperidine rings is 1. The molecule has 1 aliphatic heterocycles. The normalized spacial score (nSPS) is 19.8. The molecule has 0 aliphatic carbocycles. The van der Waals surface area contributed by atoms with Crippen LogP contribution in [-0.4, -0.2) is 36.1 Å². The van der Waals surface area contributed by atoms with Crippen molar-refractivity contribution in [3.63, 3.8) is 0 Å². The largest absolute Gasteiger partial charge is 0.469 e. The van der Waals surface area contributed by atoms with Gasteiger partial charge >= 0.3 is 12.0 Å². The molecule has 1 aliphatic rings. The maximum atomic E-state index is 13.3. The van der Waals surface area contributed by atoms with Crippen molar-refractivity contribution in [2.45, 2.75) is 12.8 Å². The van der Waals surface area contributed by atoms with E-state index in [-0.39, 0.29) is 28.5 Å². The van der Waals surface area contributed by atoms with Gasteiger partial charge in [-0.15, -0.1) is 0 Å². The van der Waals surface area contributed by atoms with Crippen LogP contribution in [0.25, 0.3) is 0 Å². The van der Waals surface area contributed by atoms with E-state index in [1.165, 1.54) is 7.11 Å². The van der Waals surface area contributed by atoms with Gasteiger partial charge in [0, 0.05) is 13.1 Å². The van der Waals surface area contributed by atoms with Crippen LogP contribution in [0.15, 0.2) is 0 Å². The summed E-state index contributed by atoms with van der Waals surface area (Å²) < 4.78 is 25.1. The number of carbonyl (C=O) groups is 1. The van der Waals surface area contributed by atoms with Crippen LogP contribution in [0.5, 0.6) is 0 Å². The van der Waals surface area contributed by atoms with Crippen molar-refractivity contribution < 1.29 is 15.3 Å². The van der Waals surface area contributed by atoms with Crippen molar-refractivity contribution >= 4 is 29.2 Å². The second-order valence-electron chi connectivity index (χ2n) is 4.29. The summed E-state index contributed by atoms with van der Waals surface area (Å²) >= 11 is 6.04. The van der Waals surface area contributed by atoms with E-state index >= 15 is 0 Å². The number of anilines is 2. The summed E-state index contributed by atoms with van der Waals surface area (Å²) in [7, 11) is 1.33. The quantitative estimate of drug-likeness (QED) is 0.666. The van der Waals surface area contributed by atoms with E-state index in [4.69, 9.17) is 17.7 Å². The molecule has 1 atom stereocenters. The summed E-state index contributed by atoms with van der Waals surface area (Å²) in [4.78, 5) is 20.4. The highest BCUT2D eigenvalue weighted by Crippen LogP contribution is 2.31. The van der Waals surface area contributed by atoms with Crippen LogP contribution >= 0.6 is 11.6 Å². The summed E-state index contributed by atoms with van der Waals surface area (Å²) in [6.07, 6.45) is 0.475. The molecule has 2 N–H and O–H groups in total. The second-order valence-corrected chi connectivity index (χ2v) is 4.67. The Kier molecular flexibility index (Phi) is 3.63. The van der Waals surface area contributed by atoms with Crippen LogP contribution in [0.4, 0.5) is 16.0 Å². The third kappa shape index (κ3) is 2.86. The Morgan fingerprint density at radius 1 is 1.68 bits per heavy atom. The molecule has 0 amide bonds. The Hall–Kier alpha value is -1.63. The topological polar surface area (TPSA) is 81.3 Å². The van der Waals surface area contributed by atoms with Gasteiger partial charge in [-0.25, -0.2) is 0 Å². The summed E-state index contributed by atoms with van der Waals surface area (Å²) in [5, 5.41) is 0.0620. The lowest BCUT2D eigenvalue weighted by Crippen LogP contribution is -2.40. The minimum absolute atomic E-state index is 0.0620. The van der Waals surface area contributed by atoms with Crippen LogP contribution in [0.3, 0.4) is 0 Å². The average molecular weight is 290 g/mol. The van der Waals surface area contributed by atoms with Gasteiger partial charge < -0.3 is 15.4 Å². The minimum Gasteiger partial charge on any atom is -0.469 e. The zero-order chi connectivity index (χ0) is 14.7. The number of hydrogen-bond donors (Lipinski definition) is 1. The SMILES string of the molecule is [2H]Nc1nc(F)nc(N2CCCC(C(=O)OC)C2)c1Cl. The van der Waals surface area contributed by atoms with Gasteiger partial charge in [0.15, 0.2) is 13.0 Å². The number of esters is 1. The number of hydrogen-bond acceptors (Lipinski definition) is 6. The number of ether oxygens (including phenoxy) is 1. The van der Waals surface area contributed by atoms with Gasteiger partial charge in [-0.1, -0.05) is 11.6 Å². The van der Waals surface area contributed by atoms with E-state index in [9.17, 15) is 9.18 Å². The van der Waals surface area contributed by atoms with Crippen molar-refractivity contribution in [3.05, 3.63) is 11.1 Å². The van der Waals surface area contributed by atoms with Crippen LogP contribution in [-0.2, 0) is 9.53 Å². The second kappa shape index (κ2) is 5.56. The zero-order valence-corrected chi connectivity index (χ0v) is 11.1. The van der Waals surface area contributed by atoms with Gasteiger partial charge in [0.2, 0.25) is 0 Å². The van der Waals surface area contributed by atoms with Gasteiger partial charge in [-0.05, 0) is 12.8 Å². The number of carbonyl (C=O) groups excluding carboxylic acids is 1. The van der Waals surface area contributed by atoms with Crippen LogP contribution < -0.4 is 10.6 Å². The van der Waals surface area contributed by atoms with E-state index in [2.05, 4.69) is 9.97 Å². The van der Waals surface area contributed by atoms with Crippen molar-refractivity contribution in [1.29, 1.82) is 0 Å². The smallest absolute Gasteiger partial charge is 0.312 e. The Balaban J connectivity index is 2.27. The average Bonchev–Trinajstić information content (AvgIpc) is 2.48. The third-order valence-electron chi connectivity index (χ3n) is 3.06. The molecule has 104 valence electrons. The Morgan fingerprint density at radius 3 is 3.16 bits per heavy atom. The van der Waals surface area contributed by atoms with Crippen LogP contribution in [0, 0.1) is 12.0 Å². The van der Waals surface area contributed by atoms with Gasteiger partial charge in [0.1, 0.15) is 5.02 Å². The molecule has 1 saturated heterocycles. The van der Waals surface area contributed by atoms with Crippen molar-refractivity contribution in [3.8, 4) is 0 Å². The number of rotatable bonds is 3. The number of halogens is 2. The van der Waals surface area contributed by atoms with Gasteiger partial charge in [-0.2, -0.15) is 14.4 Å². The van der Waals surface area contributed by atoms with E-state index in [0.29, 0.717) is 19.5 Å². The molecule has 1 fully saturated rings. The number of nitrogen functional groups attached to an aromatic ring is 1. The molecule has 0 bridgehead atoms. The number of nitrogens with zero attached hydrogens (tertiary/aromatic N) is 3. The van der Waals surface area contributed by atoms with Crippen LogP contribution in [0.1, 0.15) is 12.8 Å². The summed E-state index contributed by atoms with van der Waals surface area (Å²) in [5.41, 5.74) is 1.97. The molecule has 1 aromatic rings. The minimum atomic E-state index is -0.973. The highest BCUT2D eigenvalue weighted by Gasteiger charge is 2.29. The monoisotopic (exact) mass is 289 g/mol.